The summed E-state index contributed by atoms with van der Waals surface area (Å²) in [6, 6.07) is 4.53. The van der Waals surface area contributed by atoms with Crippen LogP contribution in [0.2, 0.25) is 0 Å². The van der Waals surface area contributed by atoms with Crippen LogP contribution in [0.4, 0.5) is 0 Å². The van der Waals surface area contributed by atoms with Crippen molar-refractivity contribution in [3.63, 3.8) is 0 Å². The lowest BCUT2D eigenvalue weighted by Crippen LogP contribution is -2.43. The largest absolute Gasteiger partial charge is 0.271 e. The quantitative estimate of drug-likeness (QED) is 0.621. The van der Waals surface area contributed by atoms with Gasteiger partial charge in [0.1, 0.15) is 0 Å². The fraction of sp³-hybridized carbons (Fsp3) is 0.667. The van der Waals surface area contributed by atoms with E-state index in [1.165, 1.54) is 37.7 Å². The van der Waals surface area contributed by atoms with Crippen LogP contribution in [0.1, 0.15) is 44.6 Å². The van der Waals surface area contributed by atoms with Gasteiger partial charge in [-0.1, -0.05) is 32.3 Å². The fourth-order valence-corrected chi connectivity index (χ4v) is 3.13. The zero-order chi connectivity index (χ0) is 12.8. The Balaban J connectivity index is 1.89. The summed E-state index contributed by atoms with van der Waals surface area (Å²) in [5.41, 5.74) is 4.30. The summed E-state index contributed by atoms with van der Waals surface area (Å²) in [4.78, 5) is 4.17. The van der Waals surface area contributed by atoms with Crippen LogP contribution in [0.5, 0.6) is 0 Å². The molecule has 1 aromatic heterocycles. The molecule has 0 amide bonds. The first kappa shape index (κ1) is 13.5. The molecule has 1 fully saturated rings. The van der Waals surface area contributed by atoms with E-state index in [0.717, 1.165) is 18.3 Å². The van der Waals surface area contributed by atoms with Crippen LogP contribution in [-0.4, -0.2) is 11.0 Å². The number of nitrogens with zero attached hydrogens (tertiary/aromatic N) is 1. The van der Waals surface area contributed by atoms with Gasteiger partial charge in [-0.25, -0.2) is 0 Å². The standard InChI is InChI=1S/C15H25N3/c1-2-12-5-7-14(8-6-12)15(18-16)10-13-4-3-9-17-11-13/h3-4,9,11-12,14-15,18H,2,5-8,10,16H2,1H3. The van der Waals surface area contributed by atoms with Gasteiger partial charge in [0.15, 0.2) is 0 Å². The number of aromatic nitrogens is 1. The van der Waals surface area contributed by atoms with Gasteiger partial charge in [0.2, 0.25) is 0 Å². The molecule has 1 heterocycles. The Morgan fingerprint density at radius 2 is 2.17 bits per heavy atom. The second kappa shape index (κ2) is 6.86. The molecule has 3 nitrogen and oxygen atoms in total. The van der Waals surface area contributed by atoms with E-state index < -0.39 is 0 Å². The molecule has 2 rings (SSSR count). The number of hydrazine groups is 1. The highest BCUT2D eigenvalue weighted by atomic mass is 15.2. The van der Waals surface area contributed by atoms with Gasteiger partial charge in [0.05, 0.1) is 0 Å². The van der Waals surface area contributed by atoms with Gasteiger partial charge in [0, 0.05) is 18.4 Å². The molecule has 0 bridgehead atoms. The first-order valence-electron chi connectivity index (χ1n) is 7.18. The van der Waals surface area contributed by atoms with Gasteiger partial charge in [-0.15, -0.1) is 0 Å². The molecule has 1 aliphatic carbocycles. The van der Waals surface area contributed by atoms with Gasteiger partial charge in [0.25, 0.3) is 0 Å². The smallest absolute Gasteiger partial charge is 0.0300 e. The number of nitrogens with one attached hydrogen (secondary N) is 1. The Bertz CT molecular complexity index is 331. The predicted molar refractivity (Wildman–Crippen MR) is 74.8 cm³/mol. The molecule has 3 heteroatoms. The number of hydrogen-bond donors (Lipinski definition) is 2. The molecule has 1 atom stereocenters. The van der Waals surface area contributed by atoms with Crippen molar-refractivity contribution in [2.45, 2.75) is 51.5 Å². The third-order valence-corrected chi connectivity index (χ3v) is 4.43. The summed E-state index contributed by atoms with van der Waals surface area (Å²) in [6.45, 7) is 2.30. The molecule has 18 heavy (non-hydrogen) atoms. The molecule has 0 aromatic carbocycles. The van der Waals surface area contributed by atoms with Crippen LogP contribution < -0.4 is 11.3 Å². The van der Waals surface area contributed by atoms with Crippen molar-refractivity contribution in [3.05, 3.63) is 30.1 Å². The molecule has 100 valence electrons. The Hall–Kier alpha value is -0.930. The van der Waals surface area contributed by atoms with E-state index in [1.807, 2.05) is 18.5 Å². The third kappa shape index (κ3) is 3.53. The van der Waals surface area contributed by atoms with E-state index in [2.05, 4.69) is 23.4 Å². The molecule has 0 radical (unpaired) electrons. The Labute approximate surface area is 110 Å². The van der Waals surface area contributed by atoms with Crippen LogP contribution in [0, 0.1) is 11.8 Å². The molecule has 1 aliphatic rings. The number of rotatable bonds is 5. The predicted octanol–water partition coefficient (Wildman–Crippen LogP) is 2.67. The minimum Gasteiger partial charge on any atom is -0.271 e. The molecular weight excluding hydrogens is 222 g/mol. The Morgan fingerprint density at radius 3 is 2.72 bits per heavy atom. The zero-order valence-corrected chi connectivity index (χ0v) is 11.3. The van der Waals surface area contributed by atoms with E-state index in [9.17, 15) is 0 Å². The molecule has 0 spiro atoms. The topological polar surface area (TPSA) is 50.9 Å². The lowest BCUT2D eigenvalue weighted by atomic mass is 9.76. The normalized spacial score (nSPS) is 25.9. The number of nitrogens with two attached hydrogens (primary N) is 1. The van der Waals surface area contributed by atoms with Crippen molar-refractivity contribution >= 4 is 0 Å². The van der Waals surface area contributed by atoms with E-state index >= 15 is 0 Å². The van der Waals surface area contributed by atoms with Crippen molar-refractivity contribution in [2.24, 2.45) is 17.7 Å². The summed E-state index contributed by atoms with van der Waals surface area (Å²) in [5, 5.41) is 0. The highest BCUT2D eigenvalue weighted by Gasteiger charge is 2.26. The van der Waals surface area contributed by atoms with Crippen LogP contribution in [0.15, 0.2) is 24.5 Å². The molecule has 1 saturated carbocycles. The average molecular weight is 247 g/mol. The highest BCUT2D eigenvalue weighted by Crippen LogP contribution is 2.33. The average Bonchev–Trinajstić information content (AvgIpc) is 2.46. The summed E-state index contributed by atoms with van der Waals surface area (Å²) in [6.07, 6.45) is 11.4. The van der Waals surface area contributed by atoms with E-state index in [1.54, 1.807) is 0 Å². The van der Waals surface area contributed by atoms with E-state index in [4.69, 9.17) is 5.84 Å². The summed E-state index contributed by atoms with van der Waals surface area (Å²) < 4.78 is 0. The third-order valence-electron chi connectivity index (χ3n) is 4.43. The van der Waals surface area contributed by atoms with Gasteiger partial charge < -0.3 is 0 Å². The van der Waals surface area contributed by atoms with Crippen LogP contribution in [-0.2, 0) is 6.42 Å². The Kier molecular flexibility index (Phi) is 5.14. The van der Waals surface area contributed by atoms with Crippen molar-refractivity contribution in [1.82, 2.24) is 10.4 Å². The molecule has 0 saturated heterocycles. The van der Waals surface area contributed by atoms with Crippen molar-refractivity contribution < 1.29 is 0 Å². The minimum atomic E-state index is 0.395. The maximum absolute atomic E-state index is 5.75. The summed E-state index contributed by atoms with van der Waals surface area (Å²) in [7, 11) is 0. The van der Waals surface area contributed by atoms with E-state index in [0.29, 0.717) is 6.04 Å². The first-order valence-corrected chi connectivity index (χ1v) is 7.18. The van der Waals surface area contributed by atoms with Gasteiger partial charge >= 0.3 is 0 Å². The summed E-state index contributed by atoms with van der Waals surface area (Å²) >= 11 is 0. The monoisotopic (exact) mass is 247 g/mol. The first-order chi connectivity index (χ1) is 8.83. The summed E-state index contributed by atoms with van der Waals surface area (Å²) in [5.74, 6) is 7.41. The van der Waals surface area contributed by atoms with Gasteiger partial charge in [-0.3, -0.25) is 16.3 Å². The van der Waals surface area contributed by atoms with Crippen LogP contribution in [0.3, 0.4) is 0 Å². The molecule has 1 unspecified atom stereocenters. The van der Waals surface area contributed by atoms with Crippen LogP contribution >= 0.6 is 0 Å². The second-order valence-electron chi connectivity index (χ2n) is 5.53. The number of hydrogen-bond acceptors (Lipinski definition) is 3. The minimum absolute atomic E-state index is 0.395. The molecule has 3 N–H and O–H groups in total. The van der Waals surface area contributed by atoms with E-state index in [-0.39, 0.29) is 0 Å². The molecule has 1 aromatic rings. The van der Waals surface area contributed by atoms with Crippen molar-refractivity contribution in [2.75, 3.05) is 0 Å². The molecule has 0 aliphatic heterocycles. The Morgan fingerprint density at radius 1 is 1.39 bits per heavy atom. The second-order valence-corrected chi connectivity index (χ2v) is 5.53. The highest BCUT2D eigenvalue weighted by molar-refractivity contribution is 5.10. The lowest BCUT2D eigenvalue weighted by Gasteiger charge is -2.33. The van der Waals surface area contributed by atoms with Gasteiger partial charge in [-0.2, -0.15) is 0 Å². The van der Waals surface area contributed by atoms with Crippen molar-refractivity contribution in [3.8, 4) is 0 Å². The van der Waals surface area contributed by atoms with Crippen LogP contribution in [0.25, 0.3) is 0 Å². The maximum Gasteiger partial charge on any atom is 0.0300 e. The fourth-order valence-electron chi connectivity index (χ4n) is 3.13. The van der Waals surface area contributed by atoms with Crippen molar-refractivity contribution in [1.29, 1.82) is 0 Å². The number of pyridine rings is 1. The lowest BCUT2D eigenvalue weighted by molar-refractivity contribution is 0.217. The maximum atomic E-state index is 5.75. The van der Waals surface area contributed by atoms with Gasteiger partial charge in [-0.05, 0) is 42.7 Å². The zero-order valence-electron chi connectivity index (χ0n) is 11.3. The molecular formula is C15H25N3. The SMILES string of the molecule is CCC1CCC(C(Cc2cccnc2)NN)CC1.